The van der Waals surface area contributed by atoms with Gasteiger partial charge in [0.05, 0.1) is 24.6 Å². The maximum Gasteiger partial charge on any atom is 0.407 e. The number of nitrogens with one attached hydrogen (secondary N) is 3. The summed E-state index contributed by atoms with van der Waals surface area (Å²) in [6, 6.07) is 5.91. The van der Waals surface area contributed by atoms with Gasteiger partial charge in [-0.2, -0.15) is 0 Å². The van der Waals surface area contributed by atoms with Gasteiger partial charge in [-0.3, -0.25) is 19.1 Å². The minimum atomic E-state index is -3.85. The molecule has 2 saturated carbocycles. The fourth-order valence-electron chi connectivity index (χ4n) is 6.07. The maximum atomic E-state index is 14.0. The van der Waals surface area contributed by atoms with Crippen LogP contribution in [0.2, 0.25) is 0 Å². The van der Waals surface area contributed by atoms with Gasteiger partial charge in [0.15, 0.2) is 0 Å². The molecular formula is C33H44N4O8S. The van der Waals surface area contributed by atoms with Gasteiger partial charge in [0.2, 0.25) is 21.8 Å². The minimum absolute atomic E-state index is 0.0933. The van der Waals surface area contributed by atoms with Crippen molar-refractivity contribution in [2.24, 2.45) is 5.92 Å². The highest BCUT2D eigenvalue weighted by atomic mass is 32.2. The number of cyclic esters (lactones) is 1. The van der Waals surface area contributed by atoms with E-state index in [4.69, 9.17) is 9.47 Å². The number of unbranched alkanes of at least 4 members (excludes halogenated alkanes) is 1. The van der Waals surface area contributed by atoms with Crippen LogP contribution in [0.4, 0.5) is 4.79 Å². The molecule has 12 nitrogen and oxygen atoms in total. The van der Waals surface area contributed by atoms with Crippen LogP contribution in [0.15, 0.2) is 43.0 Å². The molecule has 4 bridgehead atoms. The second kappa shape index (κ2) is 14.4. The first-order valence-electron chi connectivity index (χ1n) is 16.2. The first-order valence-corrected chi connectivity index (χ1v) is 17.7. The van der Waals surface area contributed by atoms with Gasteiger partial charge in [0.25, 0.3) is 5.91 Å². The lowest BCUT2D eigenvalue weighted by molar-refractivity contribution is -0.141. The Morgan fingerprint density at radius 1 is 1.24 bits per heavy atom. The number of fused-ring (bicyclic) bond motifs is 4. The van der Waals surface area contributed by atoms with Crippen molar-refractivity contribution in [3.05, 3.63) is 54.1 Å². The molecule has 5 rings (SSSR count). The number of benzene rings is 1. The highest BCUT2D eigenvalue weighted by Gasteiger charge is 2.62. The van der Waals surface area contributed by atoms with Crippen LogP contribution >= 0.6 is 0 Å². The molecule has 1 saturated heterocycles. The van der Waals surface area contributed by atoms with E-state index in [2.05, 4.69) is 21.9 Å². The van der Waals surface area contributed by atoms with Crippen LogP contribution in [0.1, 0.15) is 75.8 Å². The van der Waals surface area contributed by atoms with Gasteiger partial charge in [0.1, 0.15) is 17.6 Å². The number of ether oxygens (including phenoxy) is 2. The monoisotopic (exact) mass is 656 g/mol. The van der Waals surface area contributed by atoms with Gasteiger partial charge in [0, 0.05) is 18.9 Å². The Labute approximate surface area is 270 Å². The zero-order valence-corrected chi connectivity index (χ0v) is 27.1. The predicted octanol–water partition coefficient (Wildman–Crippen LogP) is 2.93. The largest absolute Gasteiger partial charge is 0.450 e. The Morgan fingerprint density at radius 2 is 2.04 bits per heavy atom. The van der Waals surface area contributed by atoms with Crippen molar-refractivity contribution in [3.63, 3.8) is 0 Å². The van der Waals surface area contributed by atoms with Gasteiger partial charge in [-0.05, 0) is 55.7 Å². The molecule has 2 aliphatic heterocycles. The summed E-state index contributed by atoms with van der Waals surface area (Å²) >= 11 is 0. The summed E-state index contributed by atoms with van der Waals surface area (Å²) in [5, 5.41) is 4.88. The molecule has 1 aromatic rings. The highest BCUT2D eigenvalue weighted by molar-refractivity contribution is 7.91. The zero-order valence-electron chi connectivity index (χ0n) is 26.2. The second-order valence-corrected chi connectivity index (χ2v) is 14.6. The van der Waals surface area contributed by atoms with Gasteiger partial charge >= 0.3 is 6.09 Å². The average Bonchev–Trinajstić information content (AvgIpc) is 3.96. The molecule has 250 valence electrons. The number of allylic oxidation sites excluding steroid dienone is 1. The van der Waals surface area contributed by atoms with E-state index in [9.17, 15) is 27.6 Å². The Balaban J connectivity index is 1.39. The molecule has 0 aromatic heterocycles. The Morgan fingerprint density at radius 3 is 2.76 bits per heavy atom. The summed E-state index contributed by atoms with van der Waals surface area (Å²) in [6.07, 6.45) is 8.72. The van der Waals surface area contributed by atoms with E-state index in [-0.39, 0.29) is 32.6 Å². The molecule has 0 unspecified atom stereocenters. The number of amides is 4. The number of hydrogen-bond acceptors (Lipinski definition) is 8. The third-order valence-electron chi connectivity index (χ3n) is 9.03. The van der Waals surface area contributed by atoms with Crippen LogP contribution in [0.5, 0.6) is 0 Å². The molecule has 3 fully saturated rings. The summed E-state index contributed by atoms with van der Waals surface area (Å²) in [7, 11) is -3.85. The number of rotatable bonds is 9. The van der Waals surface area contributed by atoms with Gasteiger partial charge < -0.3 is 25.0 Å². The van der Waals surface area contributed by atoms with Crippen molar-refractivity contribution in [3.8, 4) is 0 Å². The molecule has 4 amide bonds. The fourth-order valence-corrected chi connectivity index (χ4v) is 7.43. The van der Waals surface area contributed by atoms with Crippen molar-refractivity contribution in [2.75, 3.05) is 13.2 Å². The average molecular weight is 657 g/mol. The van der Waals surface area contributed by atoms with Crippen molar-refractivity contribution < 1.29 is 37.1 Å². The number of nitrogens with zero attached hydrogens (tertiary/aromatic N) is 1. The summed E-state index contributed by atoms with van der Waals surface area (Å²) in [5.74, 6) is -2.33. The van der Waals surface area contributed by atoms with Crippen molar-refractivity contribution in [1.29, 1.82) is 0 Å². The van der Waals surface area contributed by atoms with Gasteiger partial charge in [-0.1, -0.05) is 56.2 Å². The normalized spacial score (nSPS) is 29.4. The van der Waals surface area contributed by atoms with E-state index in [1.54, 1.807) is 0 Å². The Kier molecular flexibility index (Phi) is 10.5. The number of sulfonamides is 1. The first-order chi connectivity index (χ1) is 22.1. The van der Waals surface area contributed by atoms with E-state index < -0.39 is 68.7 Å². The Hall–Kier alpha value is -3.71. The molecule has 2 aliphatic carbocycles. The van der Waals surface area contributed by atoms with E-state index in [0.29, 0.717) is 38.5 Å². The lowest BCUT2D eigenvalue weighted by atomic mass is 10.1. The van der Waals surface area contributed by atoms with Crippen molar-refractivity contribution in [1.82, 2.24) is 20.3 Å². The van der Waals surface area contributed by atoms with Crippen LogP contribution in [0.25, 0.3) is 6.08 Å². The van der Waals surface area contributed by atoms with Crippen LogP contribution in [0, 0.1) is 5.92 Å². The first kappa shape index (κ1) is 33.6. The second-order valence-electron chi connectivity index (χ2n) is 12.6. The molecule has 2 heterocycles. The van der Waals surface area contributed by atoms with Crippen LogP contribution in [-0.4, -0.2) is 79.3 Å². The predicted molar refractivity (Wildman–Crippen MR) is 170 cm³/mol. The smallest absolute Gasteiger partial charge is 0.407 e. The van der Waals surface area contributed by atoms with Crippen LogP contribution in [-0.2, 0) is 40.5 Å². The molecule has 3 N–H and O–H groups in total. The van der Waals surface area contributed by atoms with Crippen LogP contribution in [0.3, 0.4) is 0 Å². The van der Waals surface area contributed by atoms with Gasteiger partial charge in [-0.25, -0.2) is 13.2 Å². The molecule has 1 aromatic carbocycles. The summed E-state index contributed by atoms with van der Waals surface area (Å²) in [5.41, 5.74) is 0.441. The maximum absolute atomic E-state index is 14.0. The molecule has 4 aliphatic rings. The Bertz CT molecular complexity index is 1480. The summed E-state index contributed by atoms with van der Waals surface area (Å²) in [4.78, 5) is 55.4. The van der Waals surface area contributed by atoms with E-state index in [1.807, 2.05) is 43.3 Å². The van der Waals surface area contributed by atoms with E-state index >= 15 is 0 Å². The number of hydrogen-bond donors (Lipinski definition) is 3. The molecular weight excluding hydrogens is 612 g/mol. The molecule has 5 atom stereocenters. The fraction of sp³-hybridized carbons (Fsp3) is 0.576. The van der Waals surface area contributed by atoms with Crippen LogP contribution < -0.4 is 15.4 Å². The van der Waals surface area contributed by atoms with Gasteiger partial charge in [-0.15, -0.1) is 6.58 Å². The number of carbonyl (C=O) groups excluding carboxylic acids is 4. The van der Waals surface area contributed by atoms with Crippen molar-refractivity contribution >= 4 is 39.9 Å². The lowest BCUT2D eigenvalue weighted by Crippen LogP contribution is -2.58. The molecule has 46 heavy (non-hydrogen) atoms. The minimum Gasteiger partial charge on any atom is -0.450 e. The SMILES string of the molecule is C=C[C@@H]1C[C@]1(NC(=O)[C@@H]1C[C@@H]2CN1C(=O)[C@H](CCCC)NC(=O)OCCC/C=C/c1cccc(c1)CO2)C(=O)NS(=O)(=O)C1CC1. The van der Waals surface area contributed by atoms with Crippen molar-refractivity contribution in [2.45, 2.75) is 100 Å². The lowest BCUT2D eigenvalue weighted by Gasteiger charge is -2.29. The highest BCUT2D eigenvalue weighted by Crippen LogP contribution is 2.45. The molecule has 13 heteroatoms. The number of alkyl carbamates (subject to hydrolysis) is 1. The quantitative estimate of drug-likeness (QED) is 0.342. The van der Waals surface area contributed by atoms with E-state index in [1.165, 1.54) is 11.0 Å². The molecule has 0 spiro atoms. The number of carbonyl (C=O) groups is 4. The topological polar surface area (TPSA) is 160 Å². The third-order valence-corrected chi connectivity index (χ3v) is 10.8. The third kappa shape index (κ3) is 7.98. The van der Waals surface area contributed by atoms with E-state index in [0.717, 1.165) is 17.5 Å². The standard InChI is InChI=1S/C33H44N4O8S/c1-3-5-13-27-30(39)37-20-25(45-21-23-12-9-11-22(17-23)10-7-6-8-16-44-32(41)34-27)18-28(37)29(38)35-33(19-24(33)4-2)31(40)36-46(42,43)26-14-15-26/h4,7,9-12,17,24-28H,2-3,5-6,8,13-16,18-21H2,1H3,(H,34,41)(H,35,38)(H,36,40)/b10-7+/t24-,25-,27+,28+,33-/m1/s1. The summed E-state index contributed by atoms with van der Waals surface area (Å²) < 4.78 is 38.9. The zero-order chi connectivity index (χ0) is 32.9. The summed E-state index contributed by atoms with van der Waals surface area (Å²) in [6.45, 7) is 6.26. The molecule has 0 radical (unpaired) electrons.